The molecule has 194 valence electrons. The van der Waals surface area contributed by atoms with Crippen LogP contribution in [0.3, 0.4) is 0 Å². The summed E-state index contributed by atoms with van der Waals surface area (Å²) < 4.78 is 24.3. The Morgan fingerprint density at radius 3 is 2.45 bits per heavy atom. The van der Waals surface area contributed by atoms with E-state index in [1.54, 1.807) is 29.2 Å². The predicted molar refractivity (Wildman–Crippen MR) is 142 cm³/mol. The van der Waals surface area contributed by atoms with Gasteiger partial charge >= 0.3 is 0 Å². The number of carbonyl (C=O) groups is 1. The maximum atomic E-state index is 15.2. The lowest BCUT2D eigenvalue weighted by molar-refractivity contribution is 0.102. The molecule has 1 unspecified atom stereocenters. The first-order chi connectivity index (χ1) is 18.4. The van der Waals surface area contributed by atoms with Gasteiger partial charge in [-0.15, -0.1) is 5.10 Å². The number of anilines is 1. The van der Waals surface area contributed by atoms with Crippen LogP contribution in [0.15, 0.2) is 60.9 Å². The molecule has 1 N–H and O–H groups in total. The maximum absolute atomic E-state index is 15.2. The average molecular weight is 514 g/mol. The van der Waals surface area contributed by atoms with E-state index in [2.05, 4.69) is 20.4 Å². The molecule has 5 aromatic rings. The van der Waals surface area contributed by atoms with Crippen molar-refractivity contribution in [3.63, 3.8) is 0 Å². The normalized spacial score (nSPS) is 12.0. The van der Waals surface area contributed by atoms with Crippen molar-refractivity contribution in [2.75, 3.05) is 12.4 Å². The van der Waals surface area contributed by atoms with Crippen molar-refractivity contribution in [1.82, 2.24) is 29.3 Å². The van der Waals surface area contributed by atoms with Crippen molar-refractivity contribution in [1.29, 1.82) is 0 Å². The van der Waals surface area contributed by atoms with E-state index in [0.717, 1.165) is 11.1 Å². The highest BCUT2D eigenvalue weighted by Gasteiger charge is 2.29. The van der Waals surface area contributed by atoms with Gasteiger partial charge in [-0.25, -0.2) is 14.4 Å². The minimum Gasteiger partial charge on any atom is -0.480 e. The molecule has 38 heavy (non-hydrogen) atoms. The summed E-state index contributed by atoms with van der Waals surface area (Å²) in [4.78, 5) is 26.8. The van der Waals surface area contributed by atoms with Crippen molar-refractivity contribution in [2.24, 2.45) is 0 Å². The number of pyridine rings is 1. The number of methoxy groups -OCH3 is 1. The predicted octanol–water partition coefficient (Wildman–Crippen LogP) is 4.95. The van der Waals surface area contributed by atoms with Crippen molar-refractivity contribution in [3.8, 4) is 5.88 Å². The van der Waals surface area contributed by atoms with Gasteiger partial charge in [0.1, 0.15) is 23.5 Å². The van der Waals surface area contributed by atoms with Gasteiger partial charge in [0.15, 0.2) is 5.65 Å². The van der Waals surface area contributed by atoms with E-state index in [1.165, 1.54) is 13.2 Å². The minimum absolute atomic E-state index is 0.121. The number of imidazole rings is 1. The Kier molecular flexibility index (Phi) is 6.87. The molecular formula is C28H28FN7O2. The molecule has 3 heterocycles. The Morgan fingerprint density at radius 1 is 1.05 bits per heavy atom. The molecule has 10 heteroatoms. The van der Waals surface area contributed by atoms with Crippen molar-refractivity contribution < 1.29 is 13.9 Å². The van der Waals surface area contributed by atoms with Gasteiger partial charge in [0, 0.05) is 18.7 Å². The van der Waals surface area contributed by atoms with Crippen LogP contribution >= 0.6 is 0 Å². The second kappa shape index (κ2) is 10.4. The number of ether oxygens (including phenoxy) is 1. The fraction of sp³-hybridized carbons (Fsp3) is 0.250. The molecule has 5 rings (SSSR count). The molecule has 0 saturated carbocycles. The zero-order chi connectivity index (χ0) is 26.8. The van der Waals surface area contributed by atoms with E-state index in [-0.39, 0.29) is 23.2 Å². The molecule has 1 amide bonds. The molecule has 0 saturated heterocycles. The van der Waals surface area contributed by atoms with Gasteiger partial charge in [0.05, 0.1) is 18.5 Å². The number of amides is 1. The molecule has 0 radical (unpaired) electrons. The summed E-state index contributed by atoms with van der Waals surface area (Å²) in [5, 5.41) is 6.92. The van der Waals surface area contributed by atoms with Crippen LogP contribution in [-0.4, -0.2) is 42.3 Å². The first-order valence-electron chi connectivity index (χ1n) is 12.4. The standard InChI is InChI=1S/C28H28FN7O2/c1-5-35-16-30-28(34-35)33-26(37)20-15-22-24(32-27(20)38-4)31-25(36(22)6-2)23(18-12-8-7-11-17(18)3)19-13-9-10-14-21(19)29/h7-16,23H,5-6H2,1-4H3,(H,33,34,37). The number of hydrogen-bond acceptors (Lipinski definition) is 6. The Hall–Kier alpha value is -4.60. The van der Waals surface area contributed by atoms with Crippen LogP contribution in [0.1, 0.15) is 52.6 Å². The zero-order valence-electron chi connectivity index (χ0n) is 21.6. The fourth-order valence-corrected chi connectivity index (χ4v) is 4.66. The number of nitrogens with one attached hydrogen (secondary N) is 1. The number of aromatic nitrogens is 6. The number of carbonyl (C=O) groups excluding carboxylic acids is 1. The second-order valence-electron chi connectivity index (χ2n) is 8.79. The first-order valence-corrected chi connectivity index (χ1v) is 12.4. The van der Waals surface area contributed by atoms with Gasteiger partial charge in [0.25, 0.3) is 5.91 Å². The van der Waals surface area contributed by atoms with Crippen molar-refractivity contribution in [3.05, 3.63) is 94.8 Å². The van der Waals surface area contributed by atoms with E-state index in [4.69, 9.17) is 9.72 Å². The van der Waals surface area contributed by atoms with Gasteiger partial charge in [-0.05, 0) is 44.0 Å². The number of nitrogens with zero attached hydrogens (tertiary/aromatic N) is 6. The highest BCUT2D eigenvalue weighted by Crippen LogP contribution is 2.37. The lowest BCUT2D eigenvalue weighted by atomic mass is 9.87. The lowest BCUT2D eigenvalue weighted by Crippen LogP contribution is -2.16. The summed E-state index contributed by atoms with van der Waals surface area (Å²) in [7, 11) is 1.45. The third-order valence-corrected chi connectivity index (χ3v) is 6.55. The summed E-state index contributed by atoms with van der Waals surface area (Å²) in [5.74, 6) is -0.340. The topological polar surface area (TPSA) is 99.8 Å². The van der Waals surface area contributed by atoms with E-state index < -0.39 is 11.8 Å². The number of rotatable bonds is 8. The highest BCUT2D eigenvalue weighted by atomic mass is 19.1. The Morgan fingerprint density at radius 2 is 1.79 bits per heavy atom. The number of benzene rings is 2. The molecular weight excluding hydrogens is 485 g/mol. The van der Waals surface area contributed by atoms with E-state index in [1.807, 2.05) is 55.7 Å². The SMILES string of the molecule is CCn1cnc(NC(=O)c2cc3c(nc2OC)nc(C(c2ccccc2C)c2ccccc2F)n3CC)n1. The Bertz CT molecular complexity index is 1580. The third-order valence-electron chi connectivity index (χ3n) is 6.55. The van der Waals surface area contributed by atoms with Crippen LogP contribution in [0, 0.1) is 12.7 Å². The monoisotopic (exact) mass is 513 g/mol. The minimum atomic E-state index is -0.489. The molecule has 2 aromatic carbocycles. The number of aryl methyl sites for hydroxylation is 3. The van der Waals surface area contributed by atoms with Gasteiger partial charge in [-0.2, -0.15) is 4.98 Å². The number of fused-ring (bicyclic) bond motifs is 1. The Labute approximate surface area is 219 Å². The van der Waals surface area contributed by atoms with Crippen LogP contribution in [0.4, 0.5) is 10.3 Å². The van der Waals surface area contributed by atoms with Gasteiger partial charge in [-0.3, -0.25) is 14.8 Å². The second-order valence-corrected chi connectivity index (χ2v) is 8.79. The summed E-state index contributed by atoms with van der Waals surface area (Å²) in [6.07, 6.45) is 1.54. The quantitative estimate of drug-likeness (QED) is 0.315. The van der Waals surface area contributed by atoms with Gasteiger partial charge in [-0.1, -0.05) is 42.5 Å². The fourth-order valence-electron chi connectivity index (χ4n) is 4.66. The highest BCUT2D eigenvalue weighted by molar-refractivity contribution is 6.06. The molecule has 0 bridgehead atoms. The van der Waals surface area contributed by atoms with Gasteiger partial charge in [0.2, 0.25) is 11.8 Å². The lowest BCUT2D eigenvalue weighted by Gasteiger charge is -2.21. The van der Waals surface area contributed by atoms with Crippen molar-refractivity contribution in [2.45, 2.75) is 39.8 Å². The van der Waals surface area contributed by atoms with E-state index in [9.17, 15) is 4.79 Å². The van der Waals surface area contributed by atoms with Crippen LogP contribution in [0.5, 0.6) is 5.88 Å². The first kappa shape index (κ1) is 25.1. The summed E-state index contributed by atoms with van der Waals surface area (Å²) in [6.45, 7) is 7.06. The average Bonchev–Trinajstić information content (AvgIpc) is 3.53. The molecule has 3 aromatic heterocycles. The third kappa shape index (κ3) is 4.49. The molecule has 0 fully saturated rings. The van der Waals surface area contributed by atoms with Crippen LogP contribution in [0.25, 0.3) is 11.2 Å². The molecule has 0 aliphatic heterocycles. The maximum Gasteiger partial charge on any atom is 0.263 e. The molecule has 1 atom stereocenters. The van der Waals surface area contributed by atoms with E-state index >= 15 is 4.39 Å². The summed E-state index contributed by atoms with van der Waals surface area (Å²) >= 11 is 0. The van der Waals surface area contributed by atoms with Crippen LogP contribution < -0.4 is 10.1 Å². The van der Waals surface area contributed by atoms with Crippen molar-refractivity contribution >= 4 is 23.0 Å². The number of hydrogen-bond donors (Lipinski definition) is 1. The van der Waals surface area contributed by atoms with Crippen LogP contribution in [0.2, 0.25) is 0 Å². The Balaban J connectivity index is 1.68. The zero-order valence-corrected chi connectivity index (χ0v) is 21.6. The summed E-state index contributed by atoms with van der Waals surface area (Å²) in [6, 6.07) is 16.3. The van der Waals surface area contributed by atoms with Gasteiger partial charge < -0.3 is 9.30 Å². The van der Waals surface area contributed by atoms with Crippen LogP contribution in [-0.2, 0) is 13.1 Å². The molecule has 0 aliphatic rings. The van der Waals surface area contributed by atoms with E-state index in [0.29, 0.717) is 35.6 Å². The largest absolute Gasteiger partial charge is 0.480 e. The number of halogens is 1. The molecule has 0 spiro atoms. The molecule has 0 aliphatic carbocycles. The summed E-state index contributed by atoms with van der Waals surface area (Å²) in [5.41, 5.74) is 3.71. The smallest absolute Gasteiger partial charge is 0.263 e. The molecule has 9 nitrogen and oxygen atoms in total.